The van der Waals surface area contributed by atoms with Crippen LogP contribution in [0.3, 0.4) is 0 Å². The van der Waals surface area contributed by atoms with Crippen LogP contribution in [0.4, 0.5) is 34.1 Å². The van der Waals surface area contributed by atoms with E-state index in [1.807, 2.05) is 30.3 Å². The fourth-order valence-electron chi connectivity index (χ4n) is 4.12. The minimum Gasteiger partial charge on any atom is -0.505 e. The predicted octanol–water partition coefficient (Wildman–Crippen LogP) is 7.92. The van der Waals surface area contributed by atoms with Gasteiger partial charge in [-0.05, 0) is 90.7 Å². The second-order valence-corrected chi connectivity index (χ2v) is 12.1. The van der Waals surface area contributed by atoms with Gasteiger partial charge in [0.2, 0.25) is 0 Å². The number of azo groups is 2. The Hall–Kier alpha value is -5.02. The molecule has 0 aliphatic heterocycles. The van der Waals surface area contributed by atoms with Crippen LogP contribution in [0.5, 0.6) is 5.75 Å². The second kappa shape index (κ2) is 11.7. The third kappa shape index (κ3) is 6.90. The van der Waals surface area contributed by atoms with Crippen LogP contribution in [-0.2, 0) is 20.2 Å². The molecular formula is C29H23N5O7S2. The van der Waals surface area contributed by atoms with E-state index in [1.165, 1.54) is 30.3 Å². The third-order valence-corrected chi connectivity index (χ3v) is 7.98. The van der Waals surface area contributed by atoms with Gasteiger partial charge in [-0.2, -0.15) is 32.2 Å². The number of phenols is 1. The number of para-hydroxylation sites is 1. The first-order valence-corrected chi connectivity index (χ1v) is 15.4. The number of fused-ring (bicyclic) bond motifs is 1. The zero-order valence-corrected chi connectivity index (χ0v) is 24.0. The Bertz CT molecular complexity index is 2120. The summed E-state index contributed by atoms with van der Waals surface area (Å²) in [6, 6.07) is 25.4. The smallest absolute Gasteiger partial charge is 0.296 e. The molecule has 0 amide bonds. The molecule has 0 aliphatic carbocycles. The lowest BCUT2D eigenvalue weighted by Crippen LogP contribution is -1.99. The lowest BCUT2D eigenvalue weighted by Gasteiger charge is -2.11. The predicted molar refractivity (Wildman–Crippen MR) is 161 cm³/mol. The molecule has 12 nitrogen and oxygen atoms in total. The molecule has 0 saturated carbocycles. The molecule has 0 unspecified atom stereocenters. The number of rotatable bonds is 8. The summed E-state index contributed by atoms with van der Waals surface area (Å²) >= 11 is 0. The van der Waals surface area contributed by atoms with Crippen LogP contribution in [0.15, 0.2) is 127 Å². The van der Waals surface area contributed by atoms with Crippen molar-refractivity contribution in [3.63, 3.8) is 0 Å². The number of nitrogens with zero attached hydrogens (tertiary/aromatic N) is 4. The molecule has 0 radical (unpaired) electrons. The topological polar surface area (TPSA) is 190 Å². The Morgan fingerprint density at radius 3 is 1.98 bits per heavy atom. The number of anilines is 2. The number of benzene rings is 5. The van der Waals surface area contributed by atoms with Crippen LogP contribution < -0.4 is 5.32 Å². The third-order valence-electron chi connectivity index (χ3n) is 6.25. The zero-order valence-electron chi connectivity index (χ0n) is 22.3. The summed E-state index contributed by atoms with van der Waals surface area (Å²) < 4.78 is 65.7. The van der Waals surface area contributed by atoms with Crippen molar-refractivity contribution in [2.75, 3.05) is 5.32 Å². The van der Waals surface area contributed by atoms with E-state index in [1.54, 1.807) is 43.3 Å². The number of aromatic hydroxyl groups is 1. The van der Waals surface area contributed by atoms with Gasteiger partial charge in [-0.1, -0.05) is 24.3 Å². The van der Waals surface area contributed by atoms with E-state index in [-0.39, 0.29) is 4.90 Å². The SMILES string of the molecule is Cc1cc(N=Nc2c(S(=O)(=O)O)cc3ccc(Nc4ccccc4)cc3c2O)ccc1N=Nc1ccc(S(=O)(=O)O)cc1. The van der Waals surface area contributed by atoms with E-state index in [4.69, 9.17) is 4.55 Å². The summed E-state index contributed by atoms with van der Waals surface area (Å²) in [4.78, 5) is -0.872. The average Bonchev–Trinajstić information content (AvgIpc) is 2.96. The number of hydrogen-bond donors (Lipinski definition) is 4. The normalized spacial score (nSPS) is 12.3. The van der Waals surface area contributed by atoms with Gasteiger partial charge in [0.15, 0.2) is 5.75 Å². The van der Waals surface area contributed by atoms with Crippen LogP contribution in [0, 0.1) is 6.92 Å². The molecule has 218 valence electrons. The van der Waals surface area contributed by atoms with Gasteiger partial charge in [-0.25, -0.2) is 0 Å². The quantitative estimate of drug-likeness (QED) is 0.0996. The van der Waals surface area contributed by atoms with Crippen LogP contribution in [0.25, 0.3) is 10.8 Å². The maximum absolute atomic E-state index is 12.2. The van der Waals surface area contributed by atoms with Crippen LogP contribution in [0.1, 0.15) is 5.56 Å². The second-order valence-electron chi connectivity index (χ2n) is 9.31. The molecule has 0 aromatic heterocycles. The highest BCUT2D eigenvalue weighted by molar-refractivity contribution is 7.86. The monoisotopic (exact) mass is 617 g/mol. The van der Waals surface area contributed by atoms with Crippen molar-refractivity contribution < 1.29 is 31.0 Å². The molecule has 0 bridgehead atoms. The largest absolute Gasteiger partial charge is 0.505 e. The molecule has 0 aliphatic rings. The molecule has 5 aromatic rings. The molecule has 14 heteroatoms. The maximum atomic E-state index is 12.2. The van der Waals surface area contributed by atoms with Crippen molar-refractivity contribution in [3.8, 4) is 5.75 Å². The van der Waals surface area contributed by atoms with Gasteiger partial charge < -0.3 is 10.4 Å². The molecule has 43 heavy (non-hydrogen) atoms. The first kappa shape index (κ1) is 29.5. The lowest BCUT2D eigenvalue weighted by molar-refractivity contribution is 0.472. The average molecular weight is 618 g/mol. The fourth-order valence-corrected chi connectivity index (χ4v) is 5.26. The van der Waals surface area contributed by atoms with Crippen molar-refractivity contribution >= 4 is 65.1 Å². The molecule has 0 fully saturated rings. The van der Waals surface area contributed by atoms with E-state index >= 15 is 0 Å². The standard InChI is InChI=1S/C29H23N5O7S2/c1-18-15-23(11-14-26(18)33-31-21-9-12-24(13-10-21)42(36,37)38)32-34-28-27(43(39,40)41)16-19-7-8-22(17-25(19)29(28)35)30-20-5-3-2-4-6-20/h2-17,30,35H,1H3,(H,36,37,38)(H,39,40,41). The minimum absolute atomic E-state index is 0.267. The van der Waals surface area contributed by atoms with Crippen molar-refractivity contribution in [2.24, 2.45) is 20.5 Å². The van der Waals surface area contributed by atoms with Gasteiger partial charge >= 0.3 is 0 Å². The zero-order chi connectivity index (χ0) is 30.8. The molecular weight excluding hydrogens is 594 g/mol. The van der Waals surface area contributed by atoms with E-state index in [0.717, 1.165) is 5.69 Å². The Morgan fingerprint density at radius 2 is 1.33 bits per heavy atom. The van der Waals surface area contributed by atoms with E-state index in [9.17, 15) is 26.5 Å². The Morgan fingerprint density at radius 1 is 0.651 bits per heavy atom. The summed E-state index contributed by atoms with van der Waals surface area (Å²) in [7, 11) is -9.09. The fraction of sp³-hybridized carbons (Fsp3) is 0.0345. The summed E-state index contributed by atoms with van der Waals surface area (Å²) in [6.45, 7) is 1.73. The van der Waals surface area contributed by atoms with E-state index in [0.29, 0.717) is 39.1 Å². The van der Waals surface area contributed by atoms with Gasteiger partial charge in [0.25, 0.3) is 20.2 Å². The number of aryl methyl sites for hydroxylation is 1. The van der Waals surface area contributed by atoms with Gasteiger partial charge in [-0.15, -0.1) is 5.11 Å². The van der Waals surface area contributed by atoms with Crippen LogP contribution in [0.2, 0.25) is 0 Å². The molecule has 5 aromatic carbocycles. The van der Waals surface area contributed by atoms with Crippen molar-refractivity contribution in [2.45, 2.75) is 16.7 Å². The molecule has 5 rings (SSSR count). The lowest BCUT2D eigenvalue weighted by atomic mass is 10.1. The summed E-state index contributed by atoms with van der Waals surface area (Å²) in [5, 5.41) is 31.2. The highest BCUT2D eigenvalue weighted by Crippen LogP contribution is 2.42. The minimum atomic E-state index is -4.77. The highest BCUT2D eigenvalue weighted by Gasteiger charge is 2.22. The number of phenolic OH excluding ortho intramolecular Hbond substituents is 1. The Balaban J connectivity index is 1.45. The van der Waals surface area contributed by atoms with E-state index in [2.05, 4.69) is 25.8 Å². The molecule has 0 atom stereocenters. The summed E-state index contributed by atoms with van der Waals surface area (Å²) in [6.07, 6.45) is 0. The summed E-state index contributed by atoms with van der Waals surface area (Å²) in [5.74, 6) is -0.479. The molecule has 0 spiro atoms. The first-order chi connectivity index (χ1) is 20.4. The first-order valence-electron chi connectivity index (χ1n) is 12.5. The van der Waals surface area contributed by atoms with Gasteiger partial charge in [0.1, 0.15) is 10.6 Å². The van der Waals surface area contributed by atoms with Crippen LogP contribution >= 0.6 is 0 Å². The van der Waals surface area contributed by atoms with Gasteiger partial charge in [-0.3, -0.25) is 9.11 Å². The molecule has 0 heterocycles. The van der Waals surface area contributed by atoms with Crippen molar-refractivity contribution in [1.82, 2.24) is 0 Å². The Labute approximate surface area is 246 Å². The van der Waals surface area contributed by atoms with E-state index < -0.39 is 36.6 Å². The maximum Gasteiger partial charge on any atom is 0.296 e. The van der Waals surface area contributed by atoms with Crippen molar-refractivity contribution in [3.05, 3.63) is 103 Å². The molecule has 0 saturated heterocycles. The molecule has 4 N–H and O–H groups in total. The summed E-state index contributed by atoms with van der Waals surface area (Å²) in [5.41, 5.74) is 2.75. The highest BCUT2D eigenvalue weighted by atomic mass is 32.2. The number of hydrogen-bond acceptors (Lipinski definition) is 10. The van der Waals surface area contributed by atoms with Crippen molar-refractivity contribution in [1.29, 1.82) is 0 Å². The number of nitrogens with one attached hydrogen (secondary N) is 1. The van der Waals surface area contributed by atoms with Gasteiger partial charge in [0.05, 0.1) is 22.0 Å². The van der Waals surface area contributed by atoms with Gasteiger partial charge in [0, 0.05) is 16.8 Å². The Kier molecular flexibility index (Phi) is 8.02. The van der Waals surface area contributed by atoms with Crippen LogP contribution in [-0.4, -0.2) is 31.0 Å².